The van der Waals surface area contributed by atoms with Crippen molar-refractivity contribution in [3.05, 3.63) is 86.5 Å². The van der Waals surface area contributed by atoms with E-state index in [2.05, 4.69) is 89.0 Å². The van der Waals surface area contributed by atoms with Gasteiger partial charge in [0.1, 0.15) is 6.61 Å². The van der Waals surface area contributed by atoms with E-state index in [9.17, 15) is 4.79 Å². The molecule has 1 fully saturated rings. The van der Waals surface area contributed by atoms with Crippen LogP contribution in [0.4, 0.5) is 10.5 Å². The fraction of sp³-hybridized carbons (Fsp3) is 0.296. The number of hydrogen-bond acceptors (Lipinski definition) is 4. The Bertz CT molecular complexity index is 1140. The summed E-state index contributed by atoms with van der Waals surface area (Å²) in [5.41, 5.74) is 14.4. The first-order chi connectivity index (χ1) is 16.0. The third-order valence-electron chi connectivity index (χ3n) is 6.83. The lowest BCUT2D eigenvalue weighted by Gasteiger charge is -2.34. The van der Waals surface area contributed by atoms with E-state index in [-0.39, 0.29) is 12.0 Å². The number of nitrogen functional groups attached to an aromatic ring is 1. The largest absolute Gasteiger partial charge is 0.448 e. The number of hydrogen-bond donors (Lipinski definition) is 1. The summed E-state index contributed by atoms with van der Waals surface area (Å²) in [7, 11) is 0. The summed E-state index contributed by atoms with van der Waals surface area (Å²) in [4.78, 5) is 17.1. The molecule has 0 saturated carbocycles. The minimum absolute atomic E-state index is 0.0941. The van der Waals surface area contributed by atoms with Crippen molar-refractivity contribution >= 4 is 34.4 Å². The molecule has 5 rings (SSSR count). The zero-order valence-electron chi connectivity index (χ0n) is 18.8. The SMILES string of the molecule is Cc1c(I)cc(N)cc1CN1CCN(C(=O)OCC2c3ccccc3-c3ccccc32)CC1. The van der Waals surface area contributed by atoms with E-state index >= 15 is 0 Å². The van der Waals surface area contributed by atoms with E-state index in [0.29, 0.717) is 19.7 Å². The van der Waals surface area contributed by atoms with Crippen LogP contribution in [0.3, 0.4) is 0 Å². The highest BCUT2D eigenvalue weighted by molar-refractivity contribution is 14.1. The number of carbonyl (C=O) groups excluding carboxylic acids is 1. The normalized spacial score (nSPS) is 15.9. The number of ether oxygens (including phenoxy) is 1. The van der Waals surface area contributed by atoms with Crippen LogP contribution >= 0.6 is 22.6 Å². The monoisotopic (exact) mass is 553 g/mol. The molecule has 0 aromatic heterocycles. The first-order valence-electron chi connectivity index (χ1n) is 11.4. The molecule has 0 radical (unpaired) electrons. The summed E-state index contributed by atoms with van der Waals surface area (Å²) < 4.78 is 7.03. The standard InChI is InChI=1S/C27H28IN3O2/c1-18-19(14-20(29)15-26(18)28)16-30-10-12-31(13-11-30)27(32)33-17-25-23-8-4-2-6-21(23)22-7-3-5-9-24(22)25/h2-9,14-15,25H,10-13,16-17,29H2,1H3. The summed E-state index contributed by atoms with van der Waals surface area (Å²) >= 11 is 2.34. The number of halogens is 1. The van der Waals surface area contributed by atoms with Gasteiger partial charge in [0.2, 0.25) is 0 Å². The van der Waals surface area contributed by atoms with Gasteiger partial charge in [0, 0.05) is 47.9 Å². The van der Waals surface area contributed by atoms with E-state index in [1.54, 1.807) is 0 Å². The van der Waals surface area contributed by atoms with Crippen LogP contribution in [0.25, 0.3) is 11.1 Å². The maximum absolute atomic E-state index is 12.9. The van der Waals surface area contributed by atoms with Crippen LogP contribution in [0.15, 0.2) is 60.7 Å². The predicted octanol–water partition coefficient (Wildman–Crippen LogP) is 5.25. The quantitative estimate of drug-likeness (QED) is 0.355. The summed E-state index contributed by atoms with van der Waals surface area (Å²) in [5, 5.41) is 0. The van der Waals surface area contributed by atoms with E-state index in [4.69, 9.17) is 10.5 Å². The maximum Gasteiger partial charge on any atom is 0.409 e. The number of anilines is 1. The van der Waals surface area contributed by atoms with E-state index in [0.717, 1.165) is 25.3 Å². The second kappa shape index (κ2) is 9.35. The van der Waals surface area contributed by atoms with Gasteiger partial charge in [0.25, 0.3) is 0 Å². The average Bonchev–Trinajstić information content (AvgIpc) is 3.15. The number of nitrogens with two attached hydrogens (primary N) is 1. The molecule has 0 atom stereocenters. The van der Waals surface area contributed by atoms with Crippen molar-refractivity contribution in [3.63, 3.8) is 0 Å². The second-order valence-electron chi connectivity index (χ2n) is 8.85. The van der Waals surface area contributed by atoms with Crippen molar-refractivity contribution in [2.24, 2.45) is 0 Å². The molecule has 2 aliphatic rings. The number of carbonyl (C=O) groups is 1. The summed E-state index contributed by atoms with van der Waals surface area (Å²) in [5.74, 6) is 0.0941. The highest BCUT2D eigenvalue weighted by atomic mass is 127. The third-order valence-corrected chi connectivity index (χ3v) is 7.96. The van der Waals surface area contributed by atoms with Crippen LogP contribution in [-0.4, -0.2) is 48.7 Å². The van der Waals surface area contributed by atoms with Gasteiger partial charge >= 0.3 is 6.09 Å². The van der Waals surface area contributed by atoms with Crippen LogP contribution in [0.5, 0.6) is 0 Å². The third kappa shape index (κ3) is 4.46. The van der Waals surface area contributed by atoms with Gasteiger partial charge in [-0.15, -0.1) is 0 Å². The van der Waals surface area contributed by atoms with Crippen LogP contribution in [0.2, 0.25) is 0 Å². The van der Waals surface area contributed by atoms with Crippen LogP contribution in [-0.2, 0) is 11.3 Å². The Balaban J connectivity index is 1.18. The average molecular weight is 553 g/mol. The lowest BCUT2D eigenvalue weighted by molar-refractivity contribution is 0.0728. The smallest absolute Gasteiger partial charge is 0.409 e. The Labute approximate surface area is 208 Å². The first-order valence-corrected chi connectivity index (χ1v) is 12.5. The molecule has 0 unspecified atom stereocenters. The van der Waals surface area contributed by atoms with Crippen molar-refractivity contribution in [3.8, 4) is 11.1 Å². The fourth-order valence-corrected chi connectivity index (χ4v) is 5.64. The molecule has 1 aliphatic carbocycles. The van der Waals surface area contributed by atoms with Crippen molar-refractivity contribution < 1.29 is 9.53 Å². The molecular formula is C27H28IN3O2. The second-order valence-corrected chi connectivity index (χ2v) is 10.0. The molecule has 3 aromatic rings. The van der Waals surface area contributed by atoms with Crippen LogP contribution < -0.4 is 5.73 Å². The molecule has 1 heterocycles. The molecule has 0 bridgehead atoms. The Morgan fingerprint density at radius 2 is 1.61 bits per heavy atom. The van der Waals surface area contributed by atoms with Crippen molar-refractivity contribution in [2.45, 2.75) is 19.4 Å². The lowest BCUT2D eigenvalue weighted by atomic mass is 9.98. The number of amides is 1. The number of piperazine rings is 1. The van der Waals surface area contributed by atoms with Crippen molar-refractivity contribution in [1.82, 2.24) is 9.80 Å². The molecule has 1 saturated heterocycles. The molecule has 1 amide bonds. The molecule has 2 N–H and O–H groups in total. The number of benzene rings is 3. The summed E-state index contributed by atoms with van der Waals surface area (Å²) in [6.07, 6.45) is -0.216. The van der Waals surface area contributed by atoms with E-state index in [1.807, 2.05) is 11.0 Å². The zero-order valence-corrected chi connectivity index (χ0v) is 20.9. The lowest BCUT2D eigenvalue weighted by Crippen LogP contribution is -2.48. The van der Waals surface area contributed by atoms with Gasteiger partial charge in [0.15, 0.2) is 0 Å². The van der Waals surface area contributed by atoms with Gasteiger partial charge in [-0.2, -0.15) is 0 Å². The number of fused-ring (bicyclic) bond motifs is 3. The molecule has 170 valence electrons. The van der Waals surface area contributed by atoms with Gasteiger partial charge in [-0.25, -0.2) is 4.79 Å². The minimum Gasteiger partial charge on any atom is -0.448 e. The molecule has 6 heteroatoms. The van der Waals surface area contributed by atoms with Crippen LogP contribution in [0, 0.1) is 10.5 Å². The van der Waals surface area contributed by atoms with Gasteiger partial charge in [-0.05, 0) is 75.0 Å². The van der Waals surface area contributed by atoms with Crippen LogP contribution in [0.1, 0.15) is 28.2 Å². The van der Waals surface area contributed by atoms with Gasteiger partial charge in [0.05, 0.1) is 0 Å². The predicted molar refractivity (Wildman–Crippen MR) is 140 cm³/mol. The van der Waals surface area contributed by atoms with Gasteiger partial charge < -0.3 is 15.4 Å². The number of rotatable bonds is 4. The first kappa shape index (κ1) is 22.2. The highest BCUT2D eigenvalue weighted by Gasteiger charge is 2.30. The van der Waals surface area contributed by atoms with Gasteiger partial charge in [-0.3, -0.25) is 4.90 Å². The summed E-state index contributed by atoms with van der Waals surface area (Å²) in [6, 6.07) is 20.9. The highest BCUT2D eigenvalue weighted by Crippen LogP contribution is 2.44. The molecule has 5 nitrogen and oxygen atoms in total. The van der Waals surface area contributed by atoms with E-state index in [1.165, 1.54) is 37.0 Å². The maximum atomic E-state index is 12.9. The van der Waals surface area contributed by atoms with Crippen molar-refractivity contribution in [2.75, 3.05) is 38.5 Å². The Morgan fingerprint density at radius 3 is 2.24 bits per heavy atom. The minimum atomic E-state index is -0.216. The summed E-state index contributed by atoms with van der Waals surface area (Å²) in [6.45, 7) is 6.37. The molecular weight excluding hydrogens is 525 g/mol. The Kier molecular flexibility index (Phi) is 6.29. The van der Waals surface area contributed by atoms with E-state index < -0.39 is 0 Å². The zero-order chi connectivity index (χ0) is 22.9. The molecule has 0 spiro atoms. The molecule has 1 aliphatic heterocycles. The topological polar surface area (TPSA) is 58.8 Å². The van der Waals surface area contributed by atoms with Crippen molar-refractivity contribution in [1.29, 1.82) is 0 Å². The molecule has 33 heavy (non-hydrogen) atoms. The fourth-order valence-electron chi connectivity index (χ4n) is 4.94. The van der Waals surface area contributed by atoms with Gasteiger partial charge in [-0.1, -0.05) is 48.5 Å². The Hall–Kier alpha value is -2.58. The number of nitrogens with zero attached hydrogens (tertiary/aromatic N) is 2. The molecule has 3 aromatic carbocycles. The Morgan fingerprint density at radius 1 is 1.00 bits per heavy atom.